The Morgan fingerprint density at radius 2 is 1.74 bits per heavy atom. The summed E-state index contributed by atoms with van der Waals surface area (Å²) in [6.45, 7) is 1.68. The smallest absolute Gasteiger partial charge is 0.434 e. The molecule has 0 unspecified atom stereocenters. The van der Waals surface area contributed by atoms with E-state index in [9.17, 15) is 22.8 Å². The minimum absolute atomic E-state index is 0.142. The molecular formula is C30H21BrClF3N2O4S. The third kappa shape index (κ3) is 6.38. The number of aromatic nitrogens is 1. The van der Waals surface area contributed by atoms with Gasteiger partial charge in [-0.2, -0.15) is 13.2 Å². The number of hydrogen-bond donors (Lipinski definition) is 0. The zero-order valence-corrected chi connectivity index (χ0v) is 25.0. The number of carbonyl (C=O) groups is 1. The van der Waals surface area contributed by atoms with Gasteiger partial charge in [-0.05, 0) is 66.1 Å². The number of fused-ring (bicyclic) bond motifs is 1. The highest BCUT2D eigenvalue weighted by molar-refractivity contribution is 9.10. The Hall–Kier alpha value is -3.67. The van der Waals surface area contributed by atoms with Crippen LogP contribution in [0.15, 0.2) is 98.3 Å². The van der Waals surface area contributed by atoms with E-state index in [0.29, 0.717) is 22.9 Å². The normalized spacial score (nSPS) is 15.3. The number of thiazole rings is 1. The second-order valence-corrected chi connectivity index (χ2v) is 11.5. The molecule has 0 amide bonds. The number of esters is 1. The average Bonchev–Trinajstić information content (AvgIpc) is 3.27. The van der Waals surface area contributed by atoms with E-state index in [0.717, 1.165) is 25.9 Å². The van der Waals surface area contributed by atoms with Crippen LogP contribution in [0.25, 0.3) is 6.08 Å². The van der Waals surface area contributed by atoms with Crippen LogP contribution in [0.3, 0.4) is 0 Å². The van der Waals surface area contributed by atoms with E-state index in [1.54, 1.807) is 30.3 Å². The molecule has 5 rings (SSSR count). The van der Waals surface area contributed by atoms with Gasteiger partial charge < -0.3 is 9.47 Å². The lowest BCUT2D eigenvalue weighted by Gasteiger charge is -2.26. The molecule has 1 aliphatic heterocycles. The van der Waals surface area contributed by atoms with Gasteiger partial charge >= 0.3 is 12.1 Å². The van der Waals surface area contributed by atoms with Crippen molar-refractivity contribution in [3.63, 3.8) is 0 Å². The van der Waals surface area contributed by atoms with Crippen LogP contribution in [-0.4, -0.2) is 23.3 Å². The van der Waals surface area contributed by atoms with Gasteiger partial charge in [-0.15, -0.1) is 0 Å². The first kappa shape index (κ1) is 29.8. The summed E-state index contributed by atoms with van der Waals surface area (Å²) in [6.07, 6.45) is -3.42. The van der Waals surface area contributed by atoms with Gasteiger partial charge in [0, 0.05) is 9.50 Å². The largest absolute Gasteiger partial charge is 0.489 e. The van der Waals surface area contributed by atoms with Gasteiger partial charge in [-0.3, -0.25) is 9.36 Å². The van der Waals surface area contributed by atoms with Gasteiger partial charge in [0.05, 0.1) is 22.8 Å². The number of ether oxygens (including phenoxy) is 2. The van der Waals surface area contributed by atoms with Crippen molar-refractivity contribution in [2.75, 3.05) is 6.61 Å². The van der Waals surface area contributed by atoms with Gasteiger partial charge in [0.25, 0.3) is 5.56 Å². The van der Waals surface area contributed by atoms with E-state index < -0.39 is 35.0 Å². The molecule has 0 N–H and O–H groups in total. The average molecular weight is 678 g/mol. The van der Waals surface area contributed by atoms with Crippen LogP contribution in [0.4, 0.5) is 13.2 Å². The molecule has 12 heteroatoms. The van der Waals surface area contributed by atoms with Gasteiger partial charge in [0.1, 0.15) is 12.4 Å². The Kier molecular flexibility index (Phi) is 8.72. The summed E-state index contributed by atoms with van der Waals surface area (Å²) in [4.78, 5) is 30.2. The molecule has 1 aliphatic rings. The van der Waals surface area contributed by atoms with E-state index >= 15 is 0 Å². The highest BCUT2D eigenvalue weighted by Gasteiger charge is 2.45. The Labute approximate surface area is 255 Å². The fraction of sp³-hybridized carbons (Fsp3) is 0.167. The van der Waals surface area contributed by atoms with E-state index in [1.165, 1.54) is 31.2 Å². The number of benzene rings is 3. The van der Waals surface area contributed by atoms with Crippen molar-refractivity contribution >= 4 is 50.9 Å². The molecule has 0 spiro atoms. The molecule has 0 bridgehead atoms. The lowest BCUT2D eigenvalue weighted by atomic mass is 9.95. The molecule has 0 aliphatic carbocycles. The Balaban J connectivity index is 1.56. The number of carbonyl (C=O) groups excluding carboxylic acids is 1. The van der Waals surface area contributed by atoms with E-state index in [1.807, 2.05) is 24.3 Å². The maximum atomic E-state index is 14.2. The van der Waals surface area contributed by atoms with Crippen molar-refractivity contribution < 1.29 is 27.4 Å². The summed E-state index contributed by atoms with van der Waals surface area (Å²) in [5, 5.41) is 0.341. The van der Waals surface area contributed by atoms with E-state index in [-0.39, 0.29) is 21.5 Å². The highest BCUT2D eigenvalue weighted by Crippen LogP contribution is 2.38. The van der Waals surface area contributed by atoms with Gasteiger partial charge in [-0.25, -0.2) is 9.79 Å². The van der Waals surface area contributed by atoms with Crippen molar-refractivity contribution in [3.8, 4) is 5.75 Å². The summed E-state index contributed by atoms with van der Waals surface area (Å²) < 4.78 is 55.7. The van der Waals surface area contributed by atoms with Gasteiger partial charge in [0.2, 0.25) is 0 Å². The highest BCUT2D eigenvalue weighted by atomic mass is 79.9. The number of nitrogens with zero attached hydrogens (tertiary/aromatic N) is 2. The Morgan fingerprint density at radius 1 is 1.07 bits per heavy atom. The Morgan fingerprint density at radius 3 is 2.36 bits per heavy atom. The first-order valence-corrected chi connectivity index (χ1v) is 14.6. The molecule has 2 heterocycles. The van der Waals surface area contributed by atoms with Crippen LogP contribution in [0, 0.1) is 0 Å². The molecule has 0 radical (unpaired) electrons. The van der Waals surface area contributed by atoms with Crippen LogP contribution in [0.5, 0.6) is 5.75 Å². The standard InChI is InChI=1S/C30H21BrClF3N2O4S/c1-2-40-28(39)24-25(19-7-11-21(32)12-8-19)37-27(38)23(42-29(37)36-26(24)30(33,34)35)15-17-5-13-22(14-6-17)41-16-18-3-9-20(31)10-4-18/h3-15,25H,2,16H2,1H3/b23-15-/t25-/m0/s1. The number of halogens is 5. The van der Waals surface area contributed by atoms with Crippen molar-refractivity contribution in [1.82, 2.24) is 4.57 Å². The minimum atomic E-state index is -4.98. The van der Waals surface area contributed by atoms with Gasteiger partial charge in [0.15, 0.2) is 10.5 Å². The molecular weight excluding hydrogens is 657 g/mol. The molecule has 42 heavy (non-hydrogen) atoms. The second-order valence-electron chi connectivity index (χ2n) is 9.10. The molecule has 0 fully saturated rings. The molecule has 0 saturated carbocycles. The first-order chi connectivity index (χ1) is 20.0. The first-order valence-electron chi connectivity index (χ1n) is 12.6. The van der Waals surface area contributed by atoms with Crippen molar-refractivity contribution in [2.24, 2.45) is 4.99 Å². The minimum Gasteiger partial charge on any atom is -0.489 e. The summed E-state index contributed by atoms with van der Waals surface area (Å²) in [5.74, 6) is -0.602. The quantitative estimate of drug-likeness (QED) is 0.214. The molecule has 1 aromatic heterocycles. The Bertz CT molecular complexity index is 1830. The predicted octanol–water partition coefficient (Wildman–Crippen LogP) is 6.34. The maximum absolute atomic E-state index is 14.2. The zero-order valence-electron chi connectivity index (χ0n) is 21.8. The summed E-state index contributed by atoms with van der Waals surface area (Å²) in [7, 11) is 0. The third-order valence-corrected chi connectivity index (χ3v) is 8.04. The summed E-state index contributed by atoms with van der Waals surface area (Å²) in [5.41, 5.74) is -0.908. The number of rotatable bonds is 7. The number of hydrogen-bond acceptors (Lipinski definition) is 6. The van der Waals surface area contributed by atoms with Crippen molar-refractivity contribution in [3.05, 3.63) is 130 Å². The lowest BCUT2D eigenvalue weighted by molar-refractivity contribution is -0.140. The second kappa shape index (κ2) is 12.3. The maximum Gasteiger partial charge on any atom is 0.434 e. The molecule has 3 aromatic carbocycles. The van der Waals surface area contributed by atoms with Gasteiger partial charge in [-0.1, -0.05) is 75.3 Å². The fourth-order valence-electron chi connectivity index (χ4n) is 4.36. The van der Waals surface area contributed by atoms with E-state index in [4.69, 9.17) is 21.1 Å². The predicted molar refractivity (Wildman–Crippen MR) is 157 cm³/mol. The third-order valence-electron chi connectivity index (χ3n) is 6.28. The van der Waals surface area contributed by atoms with Crippen molar-refractivity contribution in [1.29, 1.82) is 0 Å². The van der Waals surface area contributed by atoms with Crippen molar-refractivity contribution in [2.45, 2.75) is 25.7 Å². The molecule has 0 saturated heterocycles. The lowest BCUT2D eigenvalue weighted by Crippen LogP contribution is -2.41. The van der Waals surface area contributed by atoms with Crippen LogP contribution >= 0.6 is 38.9 Å². The van der Waals surface area contributed by atoms with E-state index in [2.05, 4.69) is 20.9 Å². The number of allylic oxidation sites excluding steroid dienone is 1. The topological polar surface area (TPSA) is 69.9 Å². The zero-order chi connectivity index (χ0) is 30.0. The monoisotopic (exact) mass is 676 g/mol. The van der Waals surface area contributed by atoms with Crippen LogP contribution in [0.2, 0.25) is 5.02 Å². The molecule has 1 atom stereocenters. The molecule has 4 aromatic rings. The van der Waals surface area contributed by atoms with Crippen LogP contribution < -0.4 is 19.6 Å². The molecule has 216 valence electrons. The van der Waals surface area contributed by atoms with Crippen LogP contribution in [-0.2, 0) is 16.1 Å². The molecule has 6 nitrogen and oxygen atoms in total. The van der Waals surface area contributed by atoms with Crippen LogP contribution in [0.1, 0.15) is 29.7 Å². The fourth-order valence-corrected chi connectivity index (χ4v) is 5.75. The summed E-state index contributed by atoms with van der Waals surface area (Å²) >= 11 is 10.2. The summed E-state index contributed by atoms with van der Waals surface area (Å²) in [6, 6.07) is 19.1. The SMILES string of the molecule is CCOC(=O)C1=C(C(F)(F)F)N=c2s/c(=C\c3ccc(OCc4ccc(Br)cc4)cc3)c(=O)n2[C@H]1c1ccc(Cl)cc1. The number of alkyl halides is 3.